The molecule has 7 heteroatoms. The third-order valence-electron chi connectivity index (χ3n) is 4.40. The molecule has 1 aromatic carbocycles. The van der Waals surface area contributed by atoms with Crippen LogP contribution in [0.15, 0.2) is 41.3 Å². The normalized spacial score (nSPS) is 15.3. The Bertz CT molecular complexity index is 836. The first-order valence-corrected chi connectivity index (χ1v) is 8.11. The molecular weight excluding hydrogens is 331 g/mol. The number of benzene rings is 1. The molecule has 3 rings (SSSR count). The topological polar surface area (TPSA) is 68.7 Å². The summed E-state index contributed by atoms with van der Waals surface area (Å²) in [6.45, 7) is 0. The average molecular weight is 349 g/mol. The number of hydrogen-bond donors (Lipinski definition) is 3. The molecule has 4 nitrogen and oxygen atoms in total. The molecule has 0 aliphatic heterocycles. The molecule has 1 aromatic heterocycles. The van der Waals surface area contributed by atoms with E-state index in [0.717, 1.165) is 37.8 Å². The van der Waals surface area contributed by atoms with Crippen molar-refractivity contribution in [3.8, 4) is 0 Å². The molecule has 0 bridgehead atoms. The van der Waals surface area contributed by atoms with Crippen molar-refractivity contribution in [2.24, 2.45) is 0 Å². The number of hydrogen-bond acceptors (Lipinski definition) is 3. The molecule has 0 radical (unpaired) electrons. The second-order valence-corrected chi connectivity index (χ2v) is 6.17. The lowest BCUT2D eigenvalue weighted by Crippen LogP contribution is -2.24. The number of aromatic amines is 1. The highest BCUT2D eigenvalue weighted by Crippen LogP contribution is 2.30. The van der Waals surface area contributed by atoms with Gasteiger partial charge in [-0.15, -0.1) is 0 Å². The van der Waals surface area contributed by atoms with Crippen molar-refractivity contribution in [1.29, 1.82) is 5.41 Å². The zero-order valence-corrected chi connectivity index (χ0v) is 13.4. The first kappa shape index (κ1) is 17.3. The minimum atomic E-state index is -4.50. The Hall–Kier alpha value is -2.57. The molecule has 0 saturated heterocycles. The van der Waals surface area contributed by atoms with E-state index in [9.17, 15) is 18.0 Å². The quantitative estimate of drug-likeness (QED) is 0.725. The van der Waals surface area contributed by atoms with Gasteiger partial charge in [-0.25, -0.2) is 0 Å². The van der Waals surface area contributed by atoms with Crippen LogP contribution in [0.5, 0.6) is 0 Å². The molecule has 0 unspecified atom stereocenters. The fourth-order valence-corrected chi connectivity index (χ4v) is 3.13. The van der Waals surface area contributed by atoms with Gasteiger partial charge in [0.05, 0.1) is 22.5 Å². The van der Waals surface area contributed by atoms with Gasteiger partial charge in [0, 0.05) is 17.8 Å². The van der Waals surface area contributed by atoms with Crippen molar-refractivity contribution in [3.63, 3.8) is 0 Å². The van der Waals surface area contributed by atoms with Crippen LogP contribution in [0.25, 0.3) is 0 Å². The molecule has 1 heterocycles. The van der Waals surface area contributed by atoms with E-state index in [-0.39, 0.29) is 22.9 Å². The number of rotatable bonds is 4. The summed E-state index contributed by atoms with van der Waals surface area (Å²) in [5.74, 6) is 0. The largest absolute Gasteiger partial charge is 0.416 e. The number of halogens is 3. The number of alkyl halides is 3. The predicted octanol–water partition coefficient (Wildman–Crippen LogP) is 4.16. The van der Waals surface area contributed by atoms with Gasteiger partial charge < -0.3 is 10.3 Å². The van der Waals surface area contributed by atoms with Crippen LogP contribution in [-0.2, 0) is 6.18 Å². The van der Waals surface area contributed by atoms with Crippen molar-refractivity contribution in [2.75, 3.05) is 5.32 Å². The fourth-order valence-electron chi connectivity index (χ4n) is 3.13. The zero-order valence-electron chi connectivity index (χ0n) is 13.4. The van der Waals surface area contributed by atoms with Gasteiger partial charge in [-0.05, 0) is 31.0 Å². The van der Waals surface area contributed by atoms with E-state index in [0.29, 0.717) is 5.69 Å². The molecule has 1 fully saturated rings. The molecule has 2 aromatic rings. The SMILES string of the molecule is N=C(c1cccc(C(F)(F)F)c1)c1c(NC2CCCC2)cc[nH]c1=O. The van der Waals surface area contributed by atoms with E-state index in [4.69, 9.17) is 5.41 Å². The number of pyridine rings is 1. The van der Waals surface area contributed by atoms with Crippen LogP contribution in [0.2, 0.25) is 0 Å². The van der Waals surface area contributed by atoms with Crippen molar-refractivity contribution >= 4 is 11.4 Å². The van der Waals surface area contributed by atoms with Crippen molar-refractivity contribution in [1.82, 2.24) is 4.98 Å². The molecular formula is C18H18F3N3O. The summed E-state index contributed by atoms with van der Waals surface area (Å²) >= 11 is 0. The zero-order chi connectivity index (χ0) is 18.0. The Morgan fingerprint density at radius 3 is 2.60 bits per heavy atom. The molecule has 3 N–H and O–H groups in total. The number of aromatic nitrogens is 1. The van der Waals surface area contributed by atoms with E-state index in [1.165, 1.54) is 18.3 Å². The maximum atomic E-state index is 12.9. The lowest BCUT2D eigenvalue weighted by molar-refractivity contribution is -0.137. The summed E-state index contributed by atoms with van der Waals surface area (Å²) in [5, 5.41) is 11.6. The van der Waals surface area contributed by atoms with Gasteiger partial charge >= 0.3 is 6.18 Å². The van der Waals surface area contributed by atoms with Gasteiger partial charge in [-0.1, -0.05) is 25.0 Å². The molecule has 132 valence electrons. The van der Waals surface area contributed by atoms with Crippen LogP contribution in [-0.4, -0.2) is 16.7 Å². The monoisotopic (exact) mass is 349 g/mol. The van der Waals surface area contributed by atoms with E-state index in [1.807, 2.05) is 0 Å². The molecule has 1 aliphatic rings. The number of nitrogens with one attached hydrogen (secondary N) is 3. The first-order valence-electron chi connectivity index (χ1n) is 8.11. The van der Waals surface area contributed by atoms with E-state index >= 15 is 0 Å². The molecule has 0 amide bonds. The van der Waals surface area contributed by atoms with Gasteiger partial charge in [0.15, 0.2) is 0 Å². The van der Waals surface area contributed by atoms with Crippen LogP contribution < -0.4 is 10.9 Å². The van der Waals surface area contributed by atoms with Gasteiger partial charge in [-0.3, -0.25) is 10.2 Å². The van der Waals surface area contributed by atoms with Crippen molar-refractivity contribution in [2.45, 2.75) is 37.9 Å². The Labute approximate surface area is 142 Å². The maximum absolute atomic E-state index is 12.9. The third kappa shape index (κ3) is 3.75. The summed E-state index contributed by atoms with van der Waals surface area (Å²) in [4.78, 5) is 14.8. The molecule has 1 aliphatic carbocycles. The highest BCUT2D eigenvalue weighted by molar-refractivity contribution is 6.13. The smallest absolute Gasteiger partial charge is 0.382 e. The molecule has 1 saturated carbocycles. The van der Waals surface area contributed by atoms with Crippen LogP contribution in [0, 0.1) is 5.41 Å². The second kappa shape index (κ2) is 6.74. The number of H-pyrrole nitrogens is 1. The van der Waals surface area contributed by atoms with Crippen LogP contribution in [0.3, 0.4) is 0 Å². The van der Waals surface area contributed by atoms with Crippen LogP contribution in [0.4, 0.5) is 18.9 Å². The van der Waals surface area contributed by atoms with E-state index in [1.54, 1.807) is 6.07 Å². The summed E-state index contributed by atoms with van der Waals surface area (Å²) in [6.07, 6.45) is 1.13. The summed E-state index contributed by atoms with van der Waals surface area (Å²) in [7, 11) is 0. The minimum Gasteiger partial charge on any atom is -0.382 e. The van der Waals surface area contributed by atoms with Gasteiger partial charge in [0.1, 0.15) is 0 Å². The van der Waals surface area contributed by atoms with Crippen LogP contribution >= 0.6 is 0 Å². The summed E-state index contributed by atoms with van der Waals surface area (Å²) < 4.78 is 38.7. The Balaban J connectivity index is 1.98. The highest BCUT2D eigenvalue weighted by Gasteiger charge is 2.31. The van der Waals surface area contributed by atoms with Gasteiger partial charge in [0.25, 0.3) is 5.56 Å². The van der Waals surface area contributed by atoms with E-state index in [2.05, 4.69) is 10.3 Å². The van der Waals surface area contributed by atoms with Crippen molar-refractivity contribution in [3.05, 3.63) is 63.6 Å². The summed E-state index contributed by atoms with van der Waals surface area (Å²) in [6, 6.07) is 6.36. The third-order valence-corrected chi connectivity index (χ3v) is 4.40. The predicted molar refractivity (Wildman–Crippen MR) is 90.3 cm³/mol. The molecule has 0 atom stereocenters. The van der Waals surface area contributed by atoms with Gasteiger partial charge in [0.2, 0.25) is 0 Å². The van der Waals surface area contributed by atoms with Crippen LogP contribution in [0.1, 0.15) is 42.4 Å². The van der Waals surface area contributed by atoms with E-state index < -0.39 is 17.3 Å². The Morgan fingerprint density at radius 1 is 1.20 bits per heavy atom. The Kier molecular flexibility index (Phi) is 4.65. The lowest BCUT2D eigenvalue weighted by atomic mass is 9.99. The fraction of sp³-hybridized carbons (Fsp3) is 0.333. The number of anilines is 1. The Morgan fingerprint density at radius 2 is 1.92 bits per heavy atom. The standard InChI is InChI=1S/C18H18F3N3O/c19-18(20,21)12-5-3-4-11(10-12)16(22)15-14(8-9-23-17(15)25)24-13-6-1-2-7-13/h3-5,8-10,13,22H,1-2,6-7H2,(H2,23,24,25). The average Bonchev–Trinajstić information content (AvgIpc) is 3.07. The first-order chi connectivity index (χ1) is 11.9. The second-order valence-electron chi connectivity index (χ2n) is 6.17. The minimum absolute atomic E-state index is 0.0565. The lowest BCUT2D eigenvalue weighted by Gasteiger charge is -2.17. The summed E-state index contributed by atoms with van der Waals surface area (Å²) in [5.41, 5.74) is -0.959. The molecule has 0 spiro atoms. The highest BCUT2D eigenvalue weighted by atomic mass is 19.4. The van der Waals surface area contributed by atoms with Gasteiger partial charge in [-0.2, -0.15) is 13.2 Å². The van der Waals surface area contributed by atoms with Crippen molar-refractivity contribution < 1.29 is 13.2 Å². The molecule has 25 heavy (non-hydrogen) atoms. The maximum Gasteiger partial charge on any atom is 0.416 e.